The summed E-state index contributed by atoms with van der Waals surface area (Å²) in [5.74, 6) is -1.92. The smallest absolute Gasteiger partial charge is 0.264 e. The van der Waals surface area contributed by atoms with Crippen molar-refractivity contribution in [3.63, 3.8) is 0 Å². The van der Waals surface area contributed by atoms with E-state index in [0.717, 1.165) is 11.1 Å². The van der Waals surface area contributed by atoms with Crippen LogP contribution in [0.2, 0.25) is 10.0 Å². The number of ketones is 1. The molecule has 0 saturated heterocycles. The maximum Gasteiger partial charge on any atom is 0.264 e. The minimum absolute atomic E-state index is 0.276. The monoisotopic (exact) mass is 453 g/mol. The fraction of sp³-hybridized carbons (Fsp3) is 0.200. The molecule has 1 amide bonds. The Morgan fingerprint density at radius 3 is 2.26 bits per heavy atom. The second kappa shape index (κ2) is 8.12. The first-order chi connectivity index (χ1) is 14.7. The number of carbonyl (C=O) groups is 2. The van der Waals surface area contributed by atoms with Crippen molar-refractivity contribution in [2.75, 3.05) is 4.90 Å². The lowest BCUT2D eigenvalue weighted by molar-refractivity contribution is -0.139. The number of halogens is 2. The molecule has 0 saturated carbocycles. The van der Waals surface area contributed by atoms with Gasteiger partial charge in [0.1, 0.15) is 0 Å². The topological polar surface area (TPSA) is 57.6 Å². The third-order valence-corrected chi connectivity index (χ3v) is 6.33. The molecular weight excluding hydrogens is 433 g/mol. The first-order valence-corrected chi connectivity index (χ1v) is 10.7. The summed E-state index contributed by atoms with van der Waals surface area (Å²) in [7, 11) is 0. The van der Waals surface area contributed by atoms with Crippen molar-refractivity contribution in [1.82, 2.24) is 0 Å². The van der Waals surface area contributed by atoms with Crippen LogP contribution in [0.5, 0.6) is 0 Å². The number of anilines is 1. The number of carbonyl (C=O) groups excluding carboxylic acids is 2. The standard InChI is InChI=1S/C25H21Cl2NO3/c1-15-3-5-17(6-4-15)14-28-22-12-11-20(27)13-21(22)25(31,24(28)30)16(2)23(29)18-7-9-19(26)10-8-18/h3-13,16,31H,14H2,1-2H3. The largest absolute Gasteiger partial charge is 0.375 e. The van der Waals surface area contributed by atoms with Crippen molar-refractivity contribution in [2.45, 2.75) is 26.0 Å². The van der Waals surface area contributed by atoms with Gasteiger partial charge < -0.3 is 10.0 Å². The number of fused-ring (bicyclic) bond motifs is 1. The van der Waals surface area contributed by atoms with Crippen molar-refractivity contribution in [3.8, 4) is 0 Å². The zero-order valence-electron chi connectivity index (χ0n) is 17.1. The predicted molar refractivity (Wildman–Crippen MR) is 123 cm³/mol. The number of amides is 1. The normalized spacial score (nSPS) is 18.7. The summed E-state index contributed by atoms with van der Waals surface area (Å²) >= 11 is 12.1. The summed E-state index contributed by atoms with van der Waals surface area (Å²) in [5, 5.41) is 12.6. The van der Waals surface area contributed by atoms with E-state index >= 15 is 0 Å². The SMILES string of the molecule is Cc1ccc(CN2C(=O)C(O)(C(C)C(=O)c3ccc(Cl)cc3)c3cc(Cl)ccc32)cc1. The number of Topliss-reactive ketones (excluding diaryl/α,β-unsaturated/α-hetero) is 1. The second-order valence-electron chi connectivity index (χ2n) is 7.90. The molecule has 2 atom stereocenters. The molecule has 158 valence electrons. The quantitative estimate of drug-likeness (QED) is 0.514. The van der Waals surface area contributed by atoms with Crippen molar-refractivity contribution in [3.05, 3.63) is 99.0 Å². The fourth-order valence-corrected chi connectivity index (χ4v) is 4.28. The van der Waals surface area contributed by atoms with Crippen LogP contribution < -0.4 is 4.90 Å². The lowest BCUT2D eigenvalue weighted by Crippen LogP contribution is -2.47. The van der Waals surface area contributed by atoms with Gasteiger partial charge in [-0.05, 0) is 55.0 Å². The van der Waals surface area contributed by atoms with E-state index in [0.29, 0.717) is 26.9 Å². The first-order valence-electron chi connectivity index (χ1n) is 9.91. The van der Waals surface area contributed by atoms with Crippen LogP contribution in [0.25, 0.3) is 0 Å². The molecule has 4 nitrogen and oxygen atoms in total. The van der Waals surface area contributed by atoms with Crippen molar-refractivity contribution in [1.29, 1.82) is 0 Å². The molecule has 1 aliphatic rings. The molecule has 0 aromatic heterocycles. The van der Waals surface area contributed by atoms with Crippen LogP contribution in [0.15, 0.2) is 66.7 Å². The molecule has 6 heteroatoms. The van der Waals surface area contributed by atoms with E-state index < -0.39 is 17.4 Å². The van der Waals surface area contributed by atoms with E-state index in [1.807, 2.05) is 31.2 Å². The van der Waals surface area contributed by atoms with Gasteiger partial charge in [-0.3, -0.25) is 9.59 Å². The molecule has 1 aliphatic heterocycles. The van der Waals surface area contributed by atoms with E-state index in [1.165, 1.54) is 4.90 Å². The van der Waals surface area contributed by atoms with Crippen LogP contribution in [0.1, 0.15) is 34.0 Å². The number of hydrogen-bond donors (Lipinski definition) is 1. The van der Waals surface area contributed by atoms with E-state index in [2.05, 4.69) is 0 Å². The van der Waals surface area contributed by atoms with Gasteiger partial charge in [0.05, 0.1) is 18.2 Å². The first kappa shape index (κ1) is 21.6. The third-order valence-electron chi connectivity index (χ3n) is 5.84. The molecule has 0 bridgehead atoms. The van der Waals surface area contributed by atoms with Crippen LogP contribution in [-0.2, 0) is 16.9 Å². The van der Waals surface area contributed by atoms with E-state index in [9.17, 15) is 14.7 Å². The summed E-state index contributed by atoms with van der Waals surface area (Å²) < 4.78 is 0. The minimum atomic E-state index is -2.03. The summed E-state index contributed by atoms with van der Waals surface area (Å²) in [4.78, 5) is 28.3. The van der Waals surface area contributed by atoms with Crippen molar-refractivity contribution in [2.24, 2.45) is 5.92 Å². The van der Waals surface area contributed by atoms with Gasteiger partial charge in [0, 0.05) is 21.2 Å². The van der Waals surface area contributed by atoms with Gasteiger partial charge in [-0.2, -0.15) is 0 Å². The maximum atomic E-state index is 13.6. The Kier molecular flexibility index (Phi) is 5.65. The average molecular weight is 454 g/mol. The highest BCUT2D eigenvalue weighted by molar-refractivity contribution is 6.31. The molecule has 0 aliphatic carbocycles. The summed E-state index contributed by atoms with van der Waals surface area (Å²) in [5.41, 5.74) is 1.27. The minimum Gasteiger partial charge on any atom is -0.375 e. The van der Waals surface area contributed by atoms with Gasteiger partial charge in [-0.1, -0.05) is 60.0 Å². The van der Waals surface area contributed by atoms with Gasteiger partial charge in [0.2, 0.25) is 0 Å². The molecule has 3 aromatic rings. The van der Waals surface area contributed by atoms with Crippen LogP contribution in [-0.4, -0.2) is 16.8 Å². The maximum absolute atomic E-state index is 13.6. The Balaban J connectivity index is 1.75. The highest BCUT2D eigenvalue weighted by atomic mass is 35.5. The molecule has 0 fully saturated rings. The molecule has 0 radical (unpaired) electrons. The zero-order chi connectivity index (χ0) is 22.3. The lowest BCUT2D eigenvalue weighted by atomic mass is 9.79. The van der Waals surface area contributed by atoms with Crippen LogP contribution in [0.4, 0.5) is 5.69 Å². The fourth-order valence-electron chi connectivity index (χ4n) is 3.98. The summed E-state index contributed by atoms with van der Waals surface area (Å²) in [6, 6.07) is 19.2. The molecular formula is C25H21Cl2NO3. The average Bonchev–Trinajstić information content (AvgIpc) is 2.97. The number of nitrogens with zero attached hydrogens (tertiary/aromatic N) is 1. The molecule has 1 heterocycles. The Morgan fingerprint density at radius 2 is 1.61 bits per heavy atom. The van der Waals surface area contributed by atoms with Crippen LogP contribution in [0, 0.1) is 12.8 Å². The van der Waals surface area contributed by atoms with Gasteiger partial charge in [0.25, 0.3) is 5.91 Å². The Bertz CT molecular complexity index is 1160. The molecule has 31 heavy (non-hydrogen) atoms. The Hall–Kier alpha value is -2.66. The van der Waals surface area contributed by atoms with Gasteiger partial charge in [-0.25, -0.2) is 0 Å². The van der Waals surface area contributed by atoms with Gasteiger partial charge in [0.15, 0.2) is 11.4 Å². The predicted octanol–water partition coefficient (Wildman–Crippen LogP) is 5.56. The summed E-state index contributed by atoms with van der Waals surface area (Å²) in [6.45, 7) is 3.83. The molecule has 2 unspecified atom stereocenters. The van der Waals surface area contributed by atoms with Gasteiger partial charge in [-0.15, -0.1) is 0 Å². The second-order valence-corrected chi connectivity index (χ2v) is 8.77. The number of aliphatic hydroxyl groups is 1. The number of rotatable bonds is 5. The number of aryl methyl sites for hydroxylation is 1. The zero-order valence-corrected chi connectivity index (χ0v) is 18.6. The van der Waals surface area contributed by atoms with Crippen molar-refractivity contribution >= 4 is 40.6 Å². The molecule has 1 N–H and O–H groups in total. The highest BCUT2D eigenvalue weighted by Crippen LogP contribution is 2.47. The third kappa shape index (κ3) is 3.76. The highest BCUT2D eigenvalue weighted by Gasteiger charge is 2.55. The van der Waals surface area contributed by atoms with Crippen molar-refractivity contribution < 1.29 is 14.7 Å². The number of hydrogen-bond acceptors (Lipinski definition) is 3. The Labute approximate surface area is 191 Å². The van der Waals surface area contributed by atoms with E-state index in [1.54, 1.807) is 49.4 Å². The number of benzene rings is 3. The lowest BCUT2D eigenvalue weighted by Gasteiger charge is -2.28. The van der Waals surface area contributed by atoms with Crippen LogP contribution >= 0.6 is 23.2 Å². The van der Waals surface area contributed by atoms with E-state index in [-0.39, 0.29) is 12.3 Å². The van der Waals surface area contributed by atoms with Crippen LogP contribution in [0.3, 0.4) is 0 Å². The Morgan fingerprint density at radius 1 is 1.00 bits per heavy atom. The molecule has 3 aromatic carbocycles. The van der Waals surface area contributed by atoms with E-state index in [4.69, 9.17) is 23.2 Å². The molecule has 0 spiro atoms. The molecule has 4 rings (SSSR count). The summed E-state index contributed by atoms with van der Waals surface area (Å²) in [6.07, 6.45) is 0. The van der Waals surface area contributed by atoms with Gasteiger partial charge >= 0.3 is 0 Å².